The van der Waals surface area contributed by atoms with Crippen molar-refractivity contribution in [3.8, 4) is 5.75 Å². The lowest BCUT2D eigenvalue weighted by molar-refractivity contribution is -0.132. The van der Waals surface area contributed by atoms with Gasteiger partial charge in [0.25, 0.3) is 5.91 Å². The number of likely N-dealkylation sites (N-methyl/N-ethyl adjacent to an activating group) is 1. The first-order valence-electron chi connectivity index (χ1n) is 7.71. The van der Waals surface area contributed by atoms with Gasteiger partial charge in [0.1, 0.15) is 5.75 Å². The van der Waals surface area contributed by atoms with Crippen molar-refractivity contribution in [2.24, 2.45) is 7.05 Å². The Bertz CT molecular complexity index is 671. The summed E-state index contributed by atoms with van der Waals surface area (Å²) >= 11 is 0. The third kappa shape index (κ3) is 4.58. The summed E-state index contributed by atoms with van der Waals surface area (Å²) in [6.07, 6.45) is 3.67. The average Bonchev–Trinajstić information content (AvgIpc) is 2.89. The van der Waals surface area contributed by atoms with Crippen LogP contribution in [0.5, 0.6) is 5.75 Å². The molecule has 1 amide bonds. The zero-order valence-corrected chi connectivity index (χ0v) is 14.5. The Morgan fingerprint density at radius 2 is 2.00 bits per heavy atom. The molecule has 5 heteroatoms. The van der Waals surface area contributed by atoms with Crippen molar-refractivity contribution in [3.05, 3.63) is 47.8 Å². The average molecular weight is 315 g/mol. The van der Waals surface area contributed by atoms with Crippen LogP contribution in [0.1, 0.15) is 31.9 Å². The van der Waals surface area contributed by atoms with Crippen LogP contribution in [-0.2, 0) is 23.8 Å². The fraction of sp³-hybridized carbons (Fsp3) is 0.444. The highest BCUT2D eigenvalue weighted by Crippen LogP contribution is 2.30. The lowest BCUT2D eigenvalue weighted by atomic mass is 9.86. The van der Waals surface area contributed by atoms with E-state index in [1.807, 2.05) is 37.5 Å². The van der Waals surface area contributed by atoms with Crippen LogP contribution < -0.4 is 4.74 Å². The van der Waals surface area contributed by atoms with Crippen LogP contribution in [0.25, 0.3) is 0 Å². The molecule has 2 aromatic rings. The Kier molecular flexibility index (Phi) is 5.08. The number of para-hydroxylation sites is 1. The predicted octanol–water partition coefficient (Wildman–Crippen LogP) is 2.76. The van der Waals surface area contributed by atoms with Gasteiger partial charge in [-0.1, -0.05) is 39.0 Å². The number of carbonyl (C=O) groups is 1. The SMILES string of the molecule is CN(Cc1cnn(C)c1)C(=O)COc1ccccc1C(C)(C)C. The van der Waals surface area contributed by atoms with Crippen LogP contribution >= 0.6 is 0 Å². The van der Waals surface area contributed by atoms with Crippen molar-refractivity contribution < 1.29 is 9.53 Å². The molecule has 0 saturated carbocycles. The highest BCUT2D eigenvalue weighted by Gasteiger charge is 2.19. The van der Waals surface area contributed by atoms with E-state index in [2.05, 4.69) is 25.9 Å². The molecule has 1 aromatic carbocycles. The van der Waals surface area contributed by atoms with Gasteiger partial charge in [0, 0.05) is 32.4 Å². The normalized spacial score (nSPS) is 11.3. The molecule has 0 aliphatic carbocycles. The summed E-state index contributed by atoms with van der Waals surface area (Å²) in [5.74, 6) is 0.709. The van der Waals surface area contributed by atoms with E-state index in [1.165, 1.54) is 0 Å². The summed E-state index contributed by atoms with van der Waals surface area (Å²) in [5, 5.41) is 4.11. The number of rotatable bonds is 5. The van der Waals surface area contributed by atoms with Crippen LogP contribution in [-0.4, -0.2) is 34.2 Å². The van der Waals surface area contributed by atoms with E-state index >= 15 is 0 Å². The molecule has 5 nitrogen and oxygen atoms in total. The van der Waals surface area contributed by atoms with Crippen LogP contribution in [0.3, 0.4) is 0 Å². The summed E-state index contributed by atoms with van der Waals surface area (Å²) in [6, 6.07) is 7.87. The van der Waals surface area contributed by atoms with Crippen molar-refractivity contribution in [1.82, 2.24) is 14.7 Å². The largest absolute Gasteiger partial charge is 0.483 e. The van der Waals surface area contributed by atoms with Crippen LogP contribution in [0, 0.1) is 0 Å². The molecule has 0 aliphatic heterocycles. The second-order valence-electron chi connectivity index (χ2n) is 6.81. The standard InChI is InChI=1S/C18H25N3O2/c1-18(2,3)15-8-6-7-9-16(15)23-13-17(22)20(4)11-14-10-19-21(5)12-14/h6-10,12H,11,13H2,1-5H3. The molecule has 0 atom stereocenters. The molecule has 2 rings (SSSR count). The second kappa shape index (κ2) is 6.86. The van der Waals surface area contributed by atoms with E-state index in [9.17, 15) is 4.79 Å². The monoisotopic (exact) mass is 315 g/mol. The van der Waals surface area contributed by atoms with E-state index in [0.29, 0.717) is 6.54 Å². The predicted molar refractivity (Wildman–Crippen MR) is 90.3 cm³/mol. The molecule has 0 radical (unpaired) electrons. The van der Waals surface area contributed by atoms with E-state index in [0.717, 1.165) is 16.9 Å². The Morgan fingerprint density at radius 3 is 2.61 bits per heavy atom. The maximum atomic E-state index is 12.3. The Balaban J connectivity index is 1.97. The number of hydrogen-bond donors (Lipinski definition) is 0. The summed E-state index contributed by atoms with van der Waals surface area (Å²) < 4.78 is 7.50. The number of nitrogens with zero attached hydrogens (tertiary/aromatic N) is 3. The third-order valence-corrected chi connectivity index (χ3v) is 3.65. The van der Waals surface area contributed by atoms with Gasteiger partial charge < -0.3 is 9.64 Å². The highest BCUT2D eigenvalue weighted by molar-refractivity contribution is 5.77. The molecule has 23 heavy (non-hydrogen) atoms. The minimum Gasteiger partial charge on any atom is -0.483 e. The van der Waals surface area contributed by atoms with Gasteiger partial charge in [-0.3, -0.25) is 9.48 Å². The van der Waals surface area contributed by atoms with Gasteiger partial charge in [-0.25, -0.2) is 0 Å². The first kappa shape index (κ1) is 17.1. The quantitative estimate of drug-likeness (QED) is 0.852. The summed E-state index contributed by atoms with van der Waals surface area (Å²) in [5.41, 5.74) is 2.07. The van der Waals surface area contributed by atoms with Gasteiger partial charge in [-0.05, 0) is 17.0 Å². The topological polar surface area (TPSA) is 47.4 Å². The lowest BCUT2D eigenvalue weighted by Crippen LogP contribution is -2.31. The van der Waals surface area contributed by atoms with E-state index in [1.54, 1.807) is 22.8 Å². The van der Waals surface area contributed by atoms with E-state index < -0.39 is 0 Å². The summed E-state index contributed by atoms with van der Waals surface area (Å²) in [6.45, 7) is 6.95. The van der Waals surface area contributed by atoms with Crippen molar-refractivity contribution in [1.29, 1.82) is 0 Å². The zero-order valence-electron chi connectivity index (χ0n) is 14.5. The fourth-order valence-electron chi connectivity index (χ4n) is 2.38. The summed E-state index contributed by atoms with van der Waals surface area (Å²) in [4.78, 5) is 13.9. The number of amides is 1. The molecule has 1 aromatic heterocycles. The molecule has 124 valence electrons. The minimum atomic E-state index is -0.0578. The molecule has 0 aliphatic rings. The minimum absolute atomic E-state index is 0.0265. The number of aryl methyl sites for hydroxylation is 1. The molecular weight excluding hydrogens is 290 g/mol. The second-order valence-corrected chi connectivity index (χ2v) is 6.81. The van der Waals surface area contributed by atoms with Crippen molar-refractivity contribution >= 4 is 5.91 Å². The van der Waals surface area contributed by atoms with Crippen molar-refractivity contribution in [2.75, 3.05) is 13.7 Å². The van der Waals surface area contributed by atoms with Gasteiger partial charge in [-0.15, -0.1) is 0 Å². The van der Waals surface area contributed by atoms with Crippen LogP contribution in [0.2, 0.25) is 0 Å². The molecule has 0 bridgehead atoms. The van der Waals surface area contributed by atoms with Gasteiger partial charge in [0.15, 0.2) is 6.61 Å². The number of carbonyl (C=O) groups excluding carboxylic acids is 1. The molecule has 0 spiro atoms. The van der Waals surface area contributed by atoms with E-state index in [4.69, 9.17) is 4.74 Å². The Hall–Kier alpha value is -2.30. The molecule has 0 saturated heterocycles. The van der Waals surface area contributed by atoms with Crippen LogP contribution in [0.15, 0.2) is 36.7 Å². The first-order valence-corrected chi connectivity index (χ1v) is 7.71. The third-order valence-electron chi connectivity index (χ3n) is 3.65. The maximum Gasteiger partial charge on any atom is 0.260 e. The summed E-state index contributed by atoms with van der Waals surface area (Å²) in [7, 11) is 3.63. The molecule has 1 heterocycles. The molecule has 0 N–H and O–H groups in total. The fourth-order valence-corrected chi connectivity index (χ4v) is 2.38. The van der Waals surface area contributed by atoms with Crippen molar-refractivity contribution in [2.45, 2.75) is 32.7 Å². The van der Waals surface area contributed by atoms with Gasteiger partial charge in [0.2, 0.25) is 0 Å². The molecular formula is C18H25N3O2. The Labute approximate surface area is 137 Å². The number of aromatic nitrogens is 2. The lowest BCUT2D eigenvalue weighted by Gasteiger charge is -2.23. The number of benzene rings is 1. The first-order chi connectivity index (χ1) is 10.8. The van der Waals surface area contributed by atoms with Crippen LogP contribution in [0.4, 0.5) is 0 Å². The smallest absolute Gasteiger partial charge is 0.260 e. The van der Waals surface area contributed by atoms with E-state index in [-0.39, 0.29) is 17.9 Å². The van der Waals surface area contributed by atoms with Gasteiger partial charge in [-0.2, -0.15) is 5.10 Å². The number of ether oxygens (including phenoxy) is 1. The highest BCUT2D eigenvalue weighted by atomic mass is 16.5. The van der Waals surface area contributed by atoms with Gasteiger partial charge in [0.05, 0.1) is 6.20 Å². The maximum absolute atomic E-state index is 12.3. The van der Waals surface area contributed by atoms with Gasteiger partial charge >= 0.3 is 0 Å². The number of hydrogen-bond acceptors (Lipinski definition) is 3. The molecule has 0 unspecified atom stereocenters. The zero-order chi connectivity index (χ0) is 17.0. The van der Waals surface area contributed by atoms with Crippen molar-refractivity contribution in [3.63, 3.8) is 0 Å². The Morgan fingerprint density at radius 1 is 1.30 bits per heavy atom. The molecule has 0 fully saturated rings.